The van der Waals surface area contributed by atoms with Crippen molar-refractivity contribution in [2.24, 2.45) is 5.73 Å². The van der Waals surface area contributed by atoms with Crippen molar-refractivity contribution in [2.45, 2.75) is 12.9 Å². The zero-order valence-corrected chi connectivity index (χ0v) is 10.9. The lowest BCUT2D eigenvalue weighted by molar-refractivity contribution is -0.274. The van der Waals surface area contributed by atoms with Gasteiger partial charge in [0, 0.05) is 12.1 Å². The zero-order chi connectivity index (χ0) is 15.5. The number of rotatable bonds is 4. The fourth-order valence-corrected chi connectivity index (χ4v) is 1.82. The largest absolute Gasteiger partial charge is 0.573 e. The Labute approximate surface area is 119 Å². The fraction of sp³-hybridized carbons (Fsp3) is 0.133. The number of carbonyl (C=O) groups excluding carboxylic acids is 1. The van der Waals surface area contributed by atoms with Gasteiger partial charge < -0.3 is 10.5 Å². The molecule has 0 saturated heterocycles. The molecular weight excluding hydrogens is 283 g/mol. The van der Waals surface area contributed by atoms with Crippen LogP contribution in [-0.4, -0.2) is 12.1 Å². The third kappa shape index (κ3) is 3.82. The van der Waals surface area contributed by atoms with Crippen LogP contribution in [0.25, 0.3) is 0 Å². The van der Waals surface area contributed by atoms with E-state index in [-0.39, 0.29) is 11.1 Å². The minimum absolute atomic E-state index is 0.143. The molecule has 6 heteroatoms. The Morgan fingerprint density at radius 2 is 1.67 bits per heavy atom. The molecular formula is C15H12F3NO2. The third-order valence-corrected chi connectivity index (χ3v) is 2.81. The van der Waals surface area contributed by atoms with Crippen LogP contribution in [0.2, 0.25) is 0 Å². The molecule has 0 saturated carbocycles. The number of benzene rings is 2. The first-order valence-corrected chi connectivity index (χ1v) is 6.09. The maximum Gasteiger partial charge on any atom is 0.573 e. The first-order valence-electron chi connectivity index (χ1n) is 6.09. The van der Waals surface area contributed by atoms with Crippen LogP contribution >= 0.6 is 0 Å². The second kappa shape index (κ2) is 5.97. The minimum atomic E-state index is -4.85. The van der Waals surface area contributed by atoms with E-state index in [9.17, 15) is 18.0 Å². The highest BCUT2D eigenvalue weighted by atomic mass is 19.4. The van der Waals surface area contributed by atoms with E-state index in [0.717, 1.165) is 11.6 Å². The summed E-state index contributed by atoms with van der Waals surface area (Å²) in [5.41, 5.74) is 6.40. The van der Waals surface area contributed by atoms with E-state index < -0.39 is 17.9 Å². The Balaban J connectivity index is 2.34. The monoisotopic (exact) mass is 295 g/mol. The second-order valence-corrected chi connectivity index (χ2v) is 4.27. The molecule has 0 heterocycles. The van der Waals surface area contributed by atoms with Gasteiger partial charge in [-0.3, -0.25) is 4.79 Å². The topological polar surface area (TPSA) is 52.3 Å². The number of carbonyl (C=O) groups is 1. The first kappa shape index (κ1) is 15.1. The summed E-state index contributed by atoms with van der Waals surface area (Å²) >= 11 is 0. The summed E-state index contributed by atoms with van der Waals surface area (Å²) in [6, 6.07) is 11.6. The average molecular weight is 295 g/mol. The van der Waals surface area contributed by atoms with Gasteiger partial charge in [-0.15, -0.1) is 13.2 Å². The Kier molecular flexibility index (Phi) is 4.28. The number of halogens is 3. The molecule has 0 aromatic heterocycles. The molecule has 3 nitrogen and oxygen atoms in total. The molecule has 2 rings (SSSR count). The van der Waals surface area contributed by atoms with E-state index in [1.807, 2.05) is 0 Å². The lowest BCUT2D eigenvalue weighted by Gasteiger charge is -2.12. The molecule has 0 unspecified atom stereocenters. The Bertz CT molecular complexity index is 636. The fourth-order valence-electron chi connectivity index (χ4n) is 1.82. The SMILES string of the molecule is NCc1ccc(C(=O)c2ccccc2OC(F)(F)F)cc1. The molecule has 0 fully saturated rings. The summed E-state index contributed by atoms with van der Waals surface area (Å²) in [7, 11) is 0. The van der Waals surface area contributed by atoms with Crippen LogP contribution in [0.4, 0.5) is 13.2 Å². The minimum Gasteiger partial charge on any atom is -0.405 e. The molecule has 2 N–H and O–H groups in total. The molecule has 0 aliphatic heterocycles. The van der Waals surface area contributed by atoms with Crippen molar-refractivity contribution in [1.82, 2.24) is 0 Å². The van der Waals surface area contributed by atoms with Crippen LogP contribution in [0.5, 0.6) is 5.75 Å². The quantitative estimate of drug-likeness (QED) is 0.881. The van der Waals surface area contributed by atoms with E-state index in [1.165, 1.54) is 30.3 Å². The van der Waals surface area contributed by atoms with Crippen LogP contribution in [0, 0.1) is 0 Å². The van der Waals surface area contributed by atoms with Gasteiger partial charge in [0.2, 0.25) is 0 Å². The lowest BCUT2D eigenvalue weighted by atomic mass is 10.0. The van der Waals surface area contributed by atoms with Crippen LogP contribution < -0.4 is 10.5 Å². The summed E-state index contributed by atoms with van der Waals surface area (Å²) in [5.74, 6) is -1.06. The van der Waals surface area contributed by atoms with E-state index in [1.54, 1.807) is 12.1 Å². The second-order valence-electron chi connectivity index (χ2n) is 4.27. The maximum absolute atomic E-state index is 12.3. The molecule has 2 aromatic carbocycles. The molecule has 0 aliphatic carbocycles. The summed E-state index contributed by atoms with van der Waals surface area (Å²) < 4.78 is 40.9. The van der Waals surface area contributed by atoms with Crippen molar-refractivity contribution in [1.29, 1.82) is 0 Å². The number of hydrogen-bond donors (Lipinski definition) is 1. The van der Waals surface area contributed by atoms with E-state index in [2.05, 4.69) is 4.74 Å². The summed E-state index contributed by atoms with van der Waals surface area (Å²) in [6.45, 7) is 0.322. The van der Waals surface area contributed by atoms with Crippen molar-refractivity contribution < 1.29 is 22.7 Å². The highest BCUT2D eigenvalue weighted by molar-refractivity contribution is 6.10. The van der Waals surface area contributed by atoms with Gasteiger partial charge in [-0.05, 0) is 17.7 Å². The molecule has 0 aliphatic rings. The van der Waals surface area contributed by atoms with E-state index in [0.29, 0.717) is 6.54 Å². The first-order chi connectivity index (χ1) is 9.90. The number of alkyl halides is 3. The summed E-state index contributed by atoms with van der Waals surface area (Å²) in [6.07, 6.45) is -4.85. The van der Waals surface area contributed by atoms with Crippen molar-refractivity contribution in [2.75, 3.05) is 0 Å². The van der Waals surface area contributed by atoms with Crippen LogP contribution in [0.15, 0.2) is 48.5 Å². The van der Waals surface area contributed by atoms with Crippen molar-refractivity contribution in [3.05, 3.63) is 65.2 Å². The molecule has 0 atom stereocenters. The van der Waals surface area contributed by atoms with Gasteiger partial charge in [-0.25, -0.2) is 0 Å². The van der Waals surface area contributed by atoms with Crippen LogP contribution in [0.1, 0.15) is 21.5 Å². The Morgan fingerprint density at radius 1 is 1.05 bits per heavy atom. The van der Waals surface area contributed by atoms with Gasteiger partial charge in [-0.2, -0.15) is 0 Å². The summed E-state index contributed by atoms with van der Waals surface area (Å²) in [4.78, 5) is 12.3. The van der Waals surface area contributed by atoms with Gasteiger partial charge in [0.25, 0.3) is 0 Å². The molecule has 110 valence electrons. The van der Waals surface area contributed by atoms with Crippen molar-refractivity contribution in [3.63, 3.8) is 0 Å². The molecule has 21 heavy (non-hydrogen) atoms. The normalized spacial score (nSPS) is 11.2. The molecule has 0 bridgehead atoms. The van der Waals surface area contributed by atoms with E-state index >= 15 is 0 Å². The Morgan fingerprint density at radius 3 is 2.24 bits per heavy atom. The predicted molar refractivity (Wildman–Crippen MR) is 70.9 cm³/mol. The van der Waals surface area contributed by atoms with Crippen molar-refractivity contribution in [3.8, 4) is 5.75 Å². The molecule has 2 aromatic rings. The molecule has 0 spiro atoms. The van der Waals surface area contributed by atoms with Crippen LogP contribution in [-0.2, 0) is 6.54 Å². The predicted octanol–water partition coefficient (Wildman–Crippen LogP) is 3.27. The third-order valence-electron chi connectivity index (χ3n) is 2.81. The zero-order valence-electron chi connectivity index (χ0n) is 10.9. The Hall–Kier alpha value is -2.34. The van der Waals surface area contributed by atoms with Gasteiger partial charge in [0.1, 0.15) is 5.75 Å². The van der Waals surface area contributed by atoms with Gasteiger partial charge >= 0.3 is 6.36 Å². The highest BCUT2D eigenvalue weighted by Crippen LogP contribution is 2.27. The van der Waals surface area contributed by atoms with Crippen molar-refractivity contribution >= 4 is 5.78 Å². The smallest absolute Gasteiger partial charge is 0.405 e. The number of ketones is 1. The van der Waals surface area contributed by atoms with Crippen LogP contribution in [0.3, 0.4) is 0 Å². The molecule has 0 radical (unpaired) electrons. The van der Waals surface area contributed by atoms with Gasteiger partial charge in [0.15, 0.2) is 5.78 Å². The molecule has 0 amide bonds. The van der Waals surface area contributed by atoms with Gasteiger partial charge in [-0.1, -0.05) is 36.4 Å². The average Bonchev–Trinajstić information content (AvgIpc) is 2.45. The number of ether oxygens (including phenoxy) is 1. The lowest BCUT2D eigenvalue weighted by Crippen LogP contribution is -2.19. The number of nitrogens with two attached hydrogens (primary N) is 1. The maximum atomic E-state index is 12.3. The standard InChI is InChI=1S/C15H12F3NO2/c16-15(17,18)21-13-4-2-1-3-12(13)14(20)11-7-5-10(9-19)6-8-11/h1-8H,9,19H2. The highest BCUT2D eigenvalue weighted by Gasteiger charge is 2.32. The summed E-state index contributed by atoms with van der Waals surface area (Å²) in [5, 5.41) is 0. The van der Waals surface area contributed by atoms with Gasteiger partial charge in [0.05, 0.1) is 5.56 Å². The van der Waals surface area contributed by atoms with E-state index in [4.69, 9.17) is 5.73 Å². The number of hydrogen-bond acceptors (Lipinski definition) is 3. The number of para-hydroxylation sites is 1.